The number of ether oxygens (including phenoxy) is 3. The molecule has 0 radical (unpaired) electrons. The van der Waals surface area contributed by atoms with Crippen molar-refractivity contribution in [1.29, 1.82) is 0 Å². The summed E-state index contributed by atoms with van der Waals surface area (Å²) in [5, 5.41) is 0. The maximum atomic E-state index is 10.5. The third-order valence-electron chi connectivity index (χ3n) is 2.30. The molecule has 0 saturated heterocycles. The lowest BCUT2D eigenvalue weighted by Crippen LogP contribution is -2.03. The molecule has 17 heavy (non-hydrogen) atoms. The summed E-state index contributed by atoms with van der Waals surface area (Å²) in [6.45, 7) is 1.23. The van der Waals surface area contributed by atoms with Gasteiger partial charge >= 0.3 is 0 Å². The topological polar surface area (TPSA) is 44.8 Å². The van der Waals surface area contributed by atoms with Gasteiger partial charge in [0.15, 0.2) is 11.5 Å². The van der Waals surface area contributed by atoms with Gasteiger partial charge in [-0.05, 0) is 17.7 Å². The summed E-state index contributed by atoms with van der Waals surface area (Å²) in [5.41, 5.74) is 0.919. The molecule has 0 aliphatic carbocycles. The lowest BCUT2D eigenvalue weighted by molar-refractivity contribution is -0.107. The Morgan fingerprint density at radius 2 is 2.00 bits per heavy atom. The number of hydrogen-bond donors (Lipinski definition) is 0. The normalized spacial score (nSPS) is 10.0. The fourth-order valence-corrected chi connectivity index (χ4v) is 1.44. The third kappa shape index (κ3) is 4.44. The minimum absolute atomic E-state index is 0.387. The maximum Gasteiger partial charge on any atom is 0.161 e. The van der Waals surface area contributed by atoms with Crippen molar-refractivity contribution in [3.63, 3.8) is 0 Å². The molecule has 94 valence electrons. The summed E-state index contributed by atoms with van der Waals surface area (Å²) in [4.78, 5) is 10.5. The zero-order chi connectivity index (χ0) is 12.5. The fourth-order valence-electron chi connectivity index (χ4n) is 1.44. The van der Waals surface area contributed by atoms with Crippen molar-refractivity contribution < 1.29 is 19.0 Å². The molecule has 4 nitrogen and oxygen atoms in total. The molecule has 1 aromatic rings. The first-order valence-corrected chi connectivity index (χ1v) is 5.54. The van der Waals surface area contributed by atoms with Crippen molar-refractivity contribution in [3.8, 4) is 11.5 Å². The molecule has 0 aromatic heterocycles. The highest BCUT2D eigenvalue weighted by molar-refractivity contribution is 5.56. The van der Waals surface area contributed by atoms with Crippen molar-refractivity contribution in [2.75, 3.05) is 27.4 Å². The Morgan fingerprint density at radius 1 is 1.18 bits per heavy atom. The van der Waals surface area contributed by atoms with E-state index in [1.54, 1.807) is 14.2 Å². The Kier molecular flexibility index (Phi) is 6.10. The minimum Gasteiger partial charge on any atom is -0.493 e. The molecule has 4 heteroatoms. The Balaban J connectivity index is 2.65. The maximum absolute atomic E-state index is 10.5. The van der Waals surface area contributed by atoms with Gasteiger partial charge in [-0.3, -0.25) is 0 Å². The van der Waals surface area contributed by atoms with Crippen molar-refractivity contribution >= 4 is 6.29 Å². The van der Waals surface area contributed by atoms with E-state index in [4.69, 9.17) is 14.2 Å². The van der Waals surface area contributed by atoms with Crippen molar-refractivity contribution in [3.05, 3.63) is 23.8 Å². The lowest BCUT2D eigenvalue weighted by Gasteiger charge is -2.11. The highest BCUT2D eigenvalue weighted by atomic mass is 16.5. The first kappa shape index (κ1) is 13.5. The van der Waals surface area contributed by atoms with Gasteiger partial charge in [0, 0.05) is 26.6 Å². The van der Waals surface area contributed by atoms with Crippen LogP contribution in [-0.4, -0.2) is 33.7 Å². The summed E-state index contributed by atoms with van der Waals surface area (Å²) in [7, 11) is 3.25. The van der Waals surface area contributed by atoms with E-state index < -0.39 is 0 Å². The summed E-state index contributed by atoms with van der Waals surface area (Å²) in [6, 6.07) is 5.50. The molecule has 0 saturated carbocycles. The summed E-state index contributed by atoms with van der Waals surface area (Å²) in [5.74, 6) is 1.35. The Labute approximate surface area is 101 Å². The van der Waals surface area contributed by atoms with Crippen LogP contribution in [0.2, 0.25) is 0 Å². The third-order valence-corrected chi connectivity index (χ3v) is 2.30. The fraction of sp³-hybridized carbons (Fsp3) is 0.462. The van der Waals surface area contributed by atoms with Crippen molar-refractivity contribution in [2.24, 2.45) is 0 Å². The predicted molar refractivity (Wildman–Crippen MR) is 64.8 cm³/mol. The van der Waals surface area contributed by atoms with E-state index in [0.717, 1.165) is 18.3 Å². The van der Waals surface area contributed by atoms with E-state index in [-0.39, 0.29) is 0 Å². The van der Waals surface area contributed by atoms with Gasteiger partial charge in [-0.1, -0.05) is 6.07 Å². The van der Waals surface area contributed by atoms with Crippen LogP contribution in [0.1, 0.15) is 12.0 Å². The average Bonchev–Trinajstić information content (AvgIpc) is 2.35. The Morgan fingerprint density at radius 3 is 2.65 bits per heavy atom. The standard InChI is InChI=1S/C13H18O4/c1-15-8-3-9-17-13-10-11(6-7-14)4-5-12(13)16-2/h4-5,7,10H,3,6,8-9H2,1-2H3. The molecule has 1 aromatic carbocycles. The van der Waals surface area contributed by atoms with Crippen LogP contribution in [0.25, 0.3) is 0 Å². The second kappa shape index (κ2) is 7.68. The minimum atomic E-state index is 0.387. The monoisotopic (exact) mass is 238 g/mol. The van der Waals surface area contributed by atoms with Gasteiger partial charge in [-0.25, -0.2) is 0 Å². The van der Waals surface area contributed by atoms with Crippen LogP contribution < -0.4 is 9.47 Å². The van der Waals surface area contributed by atoms with E-state index in [0.29, 0.717) is 31.1 Å². The van der Waals surface area contributed by atoms with Gasteiger partial charge in [0.05, 0.1) is 13.7 Å². The molecular weight excluding hydrogens is 220 g/mol. The molecular formula is C13H18O4. The van der Waals surface area contributed by atoms with Gasteiger partial charge in [0.2, 0.25) is 0 Å². The molecule has 1 rings (SSSR count). The molecule has 0 aliphatic heterocycles. The lowest BCUT2D eigenvalue weighted by atomic mass is 10.1. The van der Waals surface area contributed by atoms with Crippen LogP contribution in [-0.2, 0) is 16.0 Å². The largest absolute Gasteiger partial charge is 0.493 e. The average molecular weight is 238 g/mol. The molecule has 0 amide bonds. The SMILES string of the molecule is COCCCOc1cc(CC=O)ccc1OC. The molecule has 0 bridgehead atoms. The van der Waals surface area contributed by atoms with E-state index in [2.05, 4.69) is 0 Å². The van der Waals surface area contributed by atoms with Crippen LogP contribution in [0.4, 0.5) is 0 Å². The number of methoxy groups -OCH3 is 2. The summed E-state index contributed by atoms with van der Waals surface area (Å²) >= 11 is 0. The number of benzene rings is 1. The van der Waals surface area contributed by atoms with Crippen LogP contribution in [0.15, 0.2) is 18.2 Å². The number of carbonyl (C=O) groups excluding carboxylic acids is 1. The van der Waals surface area contributed by atoms with E-state index in [9.17, 15) is 4.79 Å². The zero-order valence-electron chi connectivity index (χ0n) is 10.3. The van der Waals surface area contributed by atoms with Crippen molar-refractivity contribution in [2.45, 2.75) is 12.8 Å². The van der Waals surface area contributed by atoms with Crippen LogP contribution in [0.5, 0.6) is 11.5 Å². The van der Waals surface area contributed by atoms with Crippen LogP contribution in [0, 0.1) is 0 Å². The van der Waals surface area contributed by atoms with Gasteiger partial charge in [-0.2, -0.15) is 0 Å². The second-order valence-corrected chi connectivity index (χ2v) is 3.55. The Bertz CT molecular complexity index is 349. The molecule has 0 N–H and O–H groups in total. The summed E-state index contributed by atoms with van der Waals surface area (Å²) < 4.78 is 15.7. The Hall–Kier alpha value is -1.55. The molecule has 0 unspecified atom stereocenters. The highest BCUT2D eigenvalue weighted by Crippen LogP contribution is 2.28. The highest BCUT2D eigenvalue weighted by Gasteiger charge is 2.05. The smallest absolute Gasteiger partial charge is 0.161 e. The zero-order valence-corrected chi connectivity index (χ0v) is 10.3. The van der Waals surface area contributed by atoms with Gasteiger partial charge < -0.3 is 19.0 Å². The van der Waals surface area contributed by atoms with E-state index >= 15 is 0 Å². The van der Waals surface area contributed by atoms with E-state index in [1.165, 1.54) is 0 Å². The van der Waals surface area contributed by atoms with Gasteiger partial charge in [-0.15, -0.1) is 0 Å². The molecule has 0 aliphatic rings. The van der Waals surface area contributed by atoms with Gasteiger partial charge in [0.25, 0.3) is 0 Å². The molecule has 0 spiro atoms. The van der Waals surface area contributed by atoms with Crippen molar-refractivity contribution in [1.82, 2.24) is 0 Å². The van der Waals surface area contributed by atoms with Crippen LogP contribution >= 0.6 is 0 Å². The molecule has 0 atom stereocenters. The quantitative estimate of drug-likeness (QED) is 0.512. The number of carbonyl (C=O) groups is 1. The van der Waals surface area contributed by atoms with E-state index in [1.807, 2.05) is 18.2 Å². The predicted octanol–water partition coefficient (Wildman–Crippen LogP) is 1.85. The van der Waals surface area contributed by atoms with Gasteiger partial charge in [0.1, 0.15) is 6.29 Å². The molecule has 0 fully saturated rings. The van der Waals surface area contributed by atoms with Crippen LogP contribution in [0.3, 0.4) is 0 Å². The second-order valence-electron chi connectivity index (χ2n) is 3.55. The molecule has 0 heterocycles. The first-order chi connectivity index (χ1) is 8.31. The number of hydrogen-bond acceptors (Lipinski definition) is 4. The number of aldehydes is 1. The number of rotatable bonds is 8. The summed E-state index contributed by atoms with van der Waals surface area (Å²) in [6.07, 6.45) is 2.08. The first-order valence-electron chi connectivity index (χ1n) is 5.54.